The van der Waals surface area contributed by atoms with E-state index in [1.165, 1.54) is 37.1 Å². The van der Waals surface area contributed by atoms with E-state index in [0.29, 0.717) is 12.3 Å². The van der Waals surface area contributed by atoms with Crippen molar-refractivity contribution >= 4 is 35.5 Å². The lowest BCUT2D eigenvalue weighted by Gasteiger charge is -2.25. The van der Waals surface area contributed by atoms with Crippen LogP contribution < -0.4 is 10.3 Å². The van der Waals surface area contributed by atoms with Gasteiger partial charge in [0.25, 0.3) is 0 Å². The second-order valence-electron chi connectivity index (χ2n) is 5.78. The predicted octanol–water partition coefficient (Wildman–Crippen LogP) is 4.74. The number of carbonyl (C=O) groups is 1. The van der Waals surface area contributed by atoms with E-state index in [1.807, 2.05) is 13.0 Å². The van der Waals surface area contributed by atoms with Crippen LogP contribution in [0.5, 0.6) is 0 Å². The largest absolute Gasteiger partial charge is 0.339 e. The van der Waals surface area contributed by atoms with E-state index in [9.17, 15) is 4.79 Å². The first-order valence-electron chi connectivity index (χ1n) is 8.31. The molecular formula is C17H27ClN4O. The summed E-state index contributed by atoms with van der Waals surface area (Å²) >= 11 is 0. The van der Waals surface area contributed by atoms with Gasteiger partial charge in [0.15, 0.2) is 0 Å². The van der Waals surface area contributed by atoms with Gasteiger partial charge in [0, 0.05) is 12.6 Å². The van der Waals surface area contributed by atoms with Gasteiger partial charge in [0.1, 0.15) is 5.84 Å². The zero-order valence-corrected chi connectivity index (χ0v) is 14.9. The van der Waals surface area contributed by atoms with Crippen molar-refractivity contribution in [2.24, 2.45) is 5.10 Å². The summed E-state index contributed by atoms with van der Waals surface area (Å²) in [5, 5.41) is 8.97. The average molecular weight is 339 g/mol. The highest BCUT2D eigenvalue weighted by Gasteiger charge is 2.22. The van der Waals surface area contributed by atoms with Crippen LogP contribution in [0.25, 0.3) is 0 Å². The van der Waals surface area contributed by atoms with Crippen LogP contribution in [0, 0.1) is 0 Å². The van der Waals surface area contributed by atoms with Crippen molar-refractivity contribution < 1.29 is 4.79 Å². The van der Waals surface area contributed by atoms with Gasteiger partial charge in [-0.25, -0.2) is 0 Å². The molecule has 1 N–H and O–H groups in total. The number of pyridine rings is 1. The molecule has 128 valence electrons. The Morgan fingerprint density at radius 1 is 1.17 bits per heavy atom. The number of fused-ring (bicyclic) bond motifs is 1. The quantitative estimate of drug-likeness (QED) is 0.697. The van der Waals surface area contributed by atoms with Gasteiger partial charge in [-0.15, -0.1) is 12.4 Å². The summed E-state index contributed by atoms with van der Waals surface area (Å²) < 4.78 is 0. The topological polar surface area (TPSA) is 57.6 Å². The molecule has 6 heteroatoms. The molecule has 0 radical (unpaired) electrons. The average Bonchev–Trinajstić information content (AvgIpc) is 2.53. The molecule has 0 unspecified atom stereocenters. The van der Waals surface area contributed by atoms with Crippen LogP contribution in [0.2, 0.25) is 0 Å². The molecule has 1 aliphatic heterocycles. The Morgan fingerprint density at radius 3 is 2.61 bits per heavy atom. The van der Waals surface area contributed by atoms with Gasteiger partial charge in [-0.05, 0) is 19.4 Å². The molecular weight excluding hydrogens is 312 g/mol. The van der Waals surface area contributed by atoms with Crippen molar-refractivity contribution in [2.45, 2.75) is 65.2 Å². The van der Waals surface area contributed by atoms with E-state index >= 15 is 0 Å². The van der Waals surface area contributed by atoms with Crippen molar-refractivity contribution in [3.63, 3.8) is 0 Å². The summed E-state index contributed by atoms with van der Waals surface area (Å²) in [7, 11) is 0. The van der Waals surface area contributed by atoms with Gasteiger partial charge < -0.3 is 5.32 Å². The fourth-order valence-corrected chi connectivity index (χ4v) is 2.62. The lowest BCUT2D eigenvalue weighted by molar-refractivity contribution is -0.118. The highest BCUT2D eigenvalue weighted by atomic mass is 35.5. The van der Waals surface area contributed by atoms with Crippen molar-refractivity contribution in [1.29, 1.82) is 0 Å². The zero-order chi connectivity index (χ0) is 15.8. The maximum Gasteiger partial charge on any atom is 0.247 e. The number of anilines is 2. The first-order chi connectivity index (χ1) is 10.7. The van der Waals surface area contributed by atoms with Gasteiger partial charge in [-0.1, -0.05) is 45.4 Å². The Morgan fingerprint density at radius 2 is 1.87 bits per heavy atom. The summed E-state index contributed by atoms with van der Waals surface area (Å²) in [6.07, 6.45) is 12.4. The summed E-state index contributed by atoms with van der Waals surface area (Å²) in [5.74, 6) is 0.773. The second-order valence-corrected chi connectivity index (χ2v) is 5.78. The molecule has 2 rings (SSSR count). The molecule has 0 bridgehead atoms. The first kappa shape index (κ1) is 19.4. The van der Waals surface area contributed by atoms with E-state index in [-0.39, 0.29) is 18.3 Å². The minimum Gasteiger partial charge on any atom is -0.339 e. The standard InChI is InChI=1S/C17H26N4O.ClH/c1-3-4-5-6-7-8-9-10-17(22)21-16-11-12-18-13-15(16)19-14(2)20-21;/h11-13H,3-10H2,1-2H3,(H,19,20);1H. The zero-order valence-electron chi connectivity index (χ0n) is 14.0. The Bertz CT molecular complexity index is 533. The van der Waals surface area contributed by atoms with Crippen LogP contribution in [-0.2, 0) is 4.79 Å². The number of unbranched alkanes of at least 4 members (excludes halogenated alkanes) is 6. The molecule has 1 aromatic heterocycles. The molecule has 0 fully saturated rings. The molecule has 2 heterocycles. The van der Waals surface area contributed by atoms with E-state index in [4.69, 9.17) is 0 Å². The highest BCUT2D eigenvalue weighted by molar-refractivity contribution is 6.06. The number of hydrogen-bond donors (Lipinski definition) is 1. The highest BCUT2D eigenvalue weighted by Crippen LogP contribution is 2.29. The second kappa shape index (κ2) is 10.2. The fraction of sp³-hybridized carbons (Fsp3) is 0.588. The van der Waals surface area contributed by atoms with Gasteiger partial charge in [-0.3, -0.25) is 9.78 Å². The maximum atomic E-state index is 12.4. The third kappa shape index (κ3) is 5.82. The molecule has 0 spiro atoms. The number of nitrogens with zero attached hydrogens (tertiary/aromatic N) is 3. The molecule has 1 aliphatic rings. The Hall–Kier alpha value is -1.62. The van der Waals surface area contributed by atoms with Crippen LogP contribution in [0.1, 0.15) is 65.2 Å². The first-order valence-corrected chi connectivity index (χ1v) is 8.31. The smallest absolute Gasteiger partial charge is 0.247 e. The Labute approximate surface area is 145 Å². The lowest BCUT2D eigenvalue weighted by atomic mass is 10.1. The normalized spacial score (nSPS) is 12.8. The van der Waals surface area contributed by atoms with Crippen LogP contribution in [0.4, 0.5) is 11.4 Å². The maximum absolute atomic E-state index is 12.4. The molecule has 0 saturated carbocycles. The number of amidine groups is 1. The lowest BCUT2D eigenvalue weighted by Crippen LogP contribution is -2.32. The van der Waals surface area contributed by atoms with Crippen LogP contribution in [0.3, 0.4) is 0 Å². The molecule has 23 heavy (non-hydrogen) atoms. The van der Waals surface area contributed by atoms with E-state index in [2.05, 4.69) is 22.3 Å². The van der Waals surface area contributed by atoms with Gasteiger partial charge >= 0.3 is 0 Å². The molecule has 0 aromatic carbocycles. The molecule has 5 nitrogen and oxygen atoms in total. The minimum atomic E-state index is 0. The number of carbonyl (C=O) groups excluding carboxylic acids is 1. The van der Waals surface area contributed by atoms with Crippen molar-refractivity contribution in [3.8, 4) is 0 Å². The number of hydrazone groups is 1. The summed E-state index contributed by atoms with van der Waals surface area (Å²) in [4.78, 5) is 16.5. The number of aromatic nitrogens is 1. The number of rotatable bonds is 8. The molecule has 0 atom stereocenters. The number of amides is 1. The predicted molar refractivity (Wildman–Crippen MR) is 98.3 cm³/mol. The molecule has 0 aliphatic carbocycles. The van der Waals surface area contributed by atoms with Crippen LogP contribution in [0.15, 0.2) is 23.6 Å². The van der Waals surface area contributed by atoms with E-state index < -0.39 is 0 Å². The molecule has 1 aromatic rings. The molecule has 0 saturated heterocycles. The minimum absolute atomic E-state index is 0. The molecule has 1 amide bonds. The third-order valence-electron chi connectivity index (χ3n) is 3.82. The Kier molecular flexibility index (Phi) is 8.62. The van der Waals surface area contributed by atoms with Crippen LogP contribution >= 0.6 is 12.4 Å². The third-order valence-corrected chi connectivity index (χ3v) is 3.82. The number of halogens is 1. The van der Waals surface area contributed by atoms with Crippen molar-refractivity contribution in [3.05, 3.63) is 18.5 Å². The van der Waals surface area contributed by atoms with Gasteiger partial charge in [0.05, 0.1) is 17.6 Å². The Balaban J connectivity index is 0.00000264. The number of nitrogens with one attached hydrogen (secondary N) is 1. The van der Waals surface area contributed by atoms with Crippen LogP contribution in [-0.4, -0.2) is 16.7 Å². The van der Waals surface area contributed by atoms with Crippen molar-refractivity contribution in [1.82, 2.24) is 4.98 Å². The van der Waals surface area contributed by atoms with Crippen molar-refractivity contribution in [2.75, 3.05) is 10.3 Å². The monoisotopic (exact) mass is 338 g/mol. The van der Waals surface area contributed by atoms with Gasteiger partial charge in [0.2, 0.25) is 5.91 Å². The van der Waals surface area contributed by atoms with E-state index in [1.54, 1.807) is 12.4 Å². The van der Waals surface area contributed by atoms with Gasteiger partial charge in [-0.2, -0.15) is 10.1 Å². The fourth-order valence-electron chi connectivity index (χ4n) is 2.62. The summed E-state index contributed by atoms with van der Waals surface area (Å²) in [6, 6.07) is 1.82. The SMILES string of the molecule is CCCCCCCCCC(=O)N1N=C(C)Nc2cnccc21.Cl. The summed E-state index contributed by atoms with van der Waals surface area (Å²) in [5.41, 5.74) is 1.62. The summed E-state index contributed by atoms with van der Waals surface area (Å²) in [6.45, 7) is 4.08. The van der Waals surface area contributed by atoms with E-state index in [0.717, 1.165) is 24.2 Å². The number of hydrogen-bond acceptors (Lipinski definition) is 4.